The molecule has 238 valence electrons. The topological polar surface area (TPSA) is 127 Å². The summed E-state index contributed by atoms with van der Waals surface area (Å²) in [7, 11) is 0. The van der Waals surface area contributed by atoms with Crippen molar-refractivity contribution in [3.05, 3.63) is 141 Å². The minimum Gasteiger partial charge on any atom is -0.399 e. The predicted octanol–water partition coefficient (Wildman–Crippen LogP) is 7.49. The summed E-state index contributed by atoms with van der Waals surface area (Å²) < 4.78 is 0. The van der Waals surface area contributed by atoms with Gasteiger partial charge in [0.1, 0.15) is 0 Å². The van der Waals surface area contributed by atoms with Gasteiger partial charge >= 0.3 is 0 Å². The summed E-state index contributed by atoms with van der Waals surface area (Å²) in [5, 5.41) is 6.47. The molecule has 0 saturated heterocycles. The quantitative estimate of drug-likeness (QED) is 0.117. The van der Waals surface area contributed by atoms with Gasteiger partial charge in [0.2, 0.25) is 0 Å². The lowest BCUT2D eigenvalue weighted by Gasteiger charge is -1.96. The summed E-state index contributed by atoms with van der Waals surface area (Å²) in [5.41, 5.74) is 18.2. The molecule has 1 aromatic carbocycles. The molecule has 0 unspecified atom stereocenters. The van der Waals surface area contributed by atoms with Crippen molar-refractivity contribution in [2.75, 3.05) is 0 Å². The Balaban J connectivity index is 1.25. The number of H-pyrrole nitrogens is 4. The van der Waals surface area contributed by atoms with Crippen molar-refractivity contribution >= 4 is 97.9 Å². The Bertz CT molecular complexity index is 2960. The van der Waals surface area contributed by atoms with Crippen molar-refractivity contribution in [2.24, 2.45) is 10.7 Å². The SMILES string of the molecule is NC1=Cc2ccc([nH]2)C=C2C=CC(=N2)/C=c2\[nH]c(c3cc4c5cc6nc(cc7ccc(cc8nc(cc([nH]5)c4cc23)C=C8)[nH]7)C=C6)=CC/C=C\1. The molecule has 14 bridgehead atoms. The molecule has 4 aliphatic heterocycles. The average Bonchev–Trinajstić information content (AvgIpc) is 3.95. The maximum Gasteiger partial charge on any atom is 0.0658 e. The van der Waals surface area contributed by atoms with Crippen molar-refractivity contribution < 1.29 is 0 Å². The number of benzene rings is 1. The zero-order chi connectivity index (χ0) is 33.2. The zero-order valence-electron chi connectivity index (χ0n) is 26.8. The smallest absolute Gasteiger partial charge is 0.0658 e. The molecule has 8 heteroatoms. The van der Waals surface area contributed by atoms with E-state index in [1.807, 2.05) is 48.6 Å². The minimum absolute atomic E-state index is 0.679. The minimum atomic E-state index is 0.679. The molecule has 6 N–H and O–H groups in total. The van der Waals surface area contributed by atoms with Crippen LogP contribution in [0.25, 0.3) is 92.2 Å². The van der Waals surface area contributed by atoms with Crippen molar-refractivity contribution in [1.82, 2.24) is 29.9 Å². The van der Waals surface area contributed by atoms with Crippen molar-refractivity contribution in [2.45, 2.75) is 6.42 Å². The summed E-state index contributed by atoms with van der Waals surface area (Å²) in [6.07, 6.45) is 25.3. The highest BCUT2D eigenvalue weighted by molar-refractivity contribution is 6.21. The summed E-state index contributed by atoms with van der Waals surface area (Å²) >= 11 is 0. The van der Waals surface area contributed by atoms with Gasteiger partial charge in [-0.15, -0.1) is 0 Å². The summed E-state index contributed by atoms with van der Waals surface area (Å²) in [6.45, 7) is 0. The van der Waals surface area contributed by atoms with Crippen molar-refractivity contribution in [3.8, 4) is 0 Å². The molecule has 0 amide bonds. The molecule has 0 saturated carbocycles. The Labute approximate surface area is 285 Å². The maximum atomic E-state index is 6.35. The maximum absolute atomic E-state index is 6.35. The third-order valence-electron chi connectivity index (χ3n) is 9.25. The first kappa shape index (κ1) is 28.1. The molecular formula is C42H30N8. The number of nitrogens with one attached hydrogen (secondary N) is 4. The highest BCUT2D eigenvalue weighted by atomic mass is 14.8. The Hall–Kier alpha value is -6.93. The fraction of sp³-hybridized carbons (Fsp3) is 0.0238. The van der Waals surface area contributed by atoms with Gasteiger partial charge in [-0.25, -0.2) is 15.0 Å². The van der Waals surface area contributed by atoms with Crippen molar-refractivity contribution in [3.63, 3.8) is 0 Å². The Morgan fingerprint density at radius 3 is 1.86 bits per heavy atom. The largest absolute Gasteiger partial charge is 0.399 e. The number of nitrogens with zero attached hydrogens (tertiary/aromatic N) is 3. The molecular weight excluding hydrogens is 617 g/mol. The van der Waals surface area contributed by atoms with Crippen LogP contribution in [0.5, 0.6) is 0 Å². The highest BCUT2D eigenvalue weighted by Gasteiger charge is 2.12. The number of rotatable bonds is 0. The third kappa shape index (κ3) is 5.16. The number of aliphatic imine (C=N–C) groups is 1. The standard InChI is InChI=1S/C42H30N8/c43-24-3-1-2-4-39-35-22-37-38(23-36(35)40(49-39)19-32-12-9-29(46-32)16-26-6-5-25(15-24)44-26)42-21-34-14-11-31(48-34)18-28-8-7-27(45-28)17-30-10-13-33(47-30)20-41(37)50-42/h1,3-23,44-45,49-50H,2,43H2/b3-1-,24-15?,27-17?,28-18?,29-16?,30-17?,31-18?,33-20?,34-21?,39-4?,40-19-,41-20?,42-21?. The van der Waals surface area contributed by atoms with Crippen LogP contribution in [0.15, 0.2) is 101 Å². The first-order chi connectivity index (χ1) is 24.5. The van der Waals surface area contributed by atoms with Gasteiger partial charge in [0, 0.05) is 71.4 Å². The molecule has 0 atom stereocenters. The van der Waals surface area contributed by atoms with Crippen LogP contribution >= 0.6 is 0 Å². The molecule has 6 aromatic rings. The van der Waals surface area contributed by atoms with E-state index in [-0.39, 0.29) is 0 Å². The Morgan fingerprint density at radius 2 is 1.16 bits per heavy atom. The van der Waals surface area contributed by atoms with E-state index in [1.165, 1.54) is 0 Å². The van der Waals surface area contributed by atoms with Gasteiger partial charge in [0.25, 0.3) is 0 Å². The van der Waals surface area contributed by atoms with E-state index in [9.17, 15) is 0 Å². The van der Waals surface area contributed by atoms with Crippen molar-refractivity contribution in [1.29, 1.82) is 0 Å². The second kappa shape index (κ2) is 11.1. The van der Waals surface area contributed by atoms with Crippen LogP contribution in [0.4, 0.5) is 0 Å². The van der Waals surface area contributed by atoms with Gasteiger partial charge in [-0.3, -0.25) is 0 Å². The van der Waals surface area contributed by atoms with Gasteiger partial charge in [-0.2, -0.15) is 0 Å². The number of allylic oxidation sites excluding steroid dienone is 4. The first-order valence-corrected chi connectivity index (χ1v) is 16.6. The van der Waals surface area contributed by atoms with E-state index >= 15 is 0 Å². The van der Waals surface area contributed by atoms with E-state index in [0.29, 0.717) is 12.1 Å². The summed E-state index contributed by atoms with van der Waals surface area (Å²) in [6, 6.07) is 21.1. The molecule has 0 fully saturated rings. The monoisotopic (exact) mass is 646 g/mol. The molecule has 5 aromatic heterocycles. The Kier molecular flexibility index (Phi) is 6.22. The van der Waals surface area contributed by atoms with Crippen LogP contribution < -0.4 is 16.4 Å². The van der Waals surface area contributed by atoms with Crippen LogP contribution in [-0.2, 0) is 0 Å². The van der Waals surface area contributed by atoms with Crippen LogP contribution in [0.1, 0.15) is 40.6 Å². The van der Waals surface area contributed by atoms with Gasteiger partial charge in [-0.05, 0) is 128 Å². The van der Waals surface area contributed by atoms with Gasteiger partial charge < -0.3 is 25.7 Å². The number of aromatic nitrogens is 6. The van der Waals surface area contributed by atoms with E-state index in [4.69, 9.17) is 20.7 Å². The van der Waals surface area contributed by atoms with Crippen LogP contribution in [-0.4, -0.2) is 35.6 Å². The molecule has 10 rings (SSSR count). The number of hydrogen-bond donors (Lipinski definition) is 5. The molecule has 8 nitrogen and oxygen atoms in total. The first-order valence-electron chi connectivity index (χ1n) is 16.6. The summed E-state index contributed by atoms with van der Waals surface area (Å²) in [5.74, 6) is 0. The van der Waals surface area contributed by atoms with Crippen LogP contribution in [0, 0.1) is 0 Å². The predicted molar refractivity (Wildman–Crippen MR) is 208 cm³/mol. The van der Waals surface area contributed by atoms with E-state index < -0.39 is 0 Å². The molecule has 9 heterocycles. The van der Waals surface area contributed by atoms with E-state index in [0.717, 1.165) is 99.9 Å². The van der Waals surface area contributed by atoms with Crippen LogP contribution in [0.3, 0.4) is 0 Å². The molecule has 50 heavy (non-hydrogen) atoms. The fourth-order valence-electron chi connectivity index (χ4n) is 6.95. The summed E-state index contributed by atoms with van der Waals surface area (Å²) in [4.78, 5) is 29.0. The average molecular weight is 647 g/mol. The number of nitrogens with two attached hydrogens (primary N) is 1. The molecule has 0 aliphatic carbocycles. The zero-order valence-corrected chi connectivity index (χ0v) is 26.8. The van der Waals surface area contributed by atoms with Gasteiger partial charge in [0.15, 0.2) is 0 Å². The molecule has 0 spiro atoms. The molecule has 4 aliphatic rings. The lowest BCUT2D eigenvalue weighted by atomic mass is 10.1. The van der Waals surface area contributed by atoms with Crippen LogP contribution in [0.2, 0.25) is 0 Å². The normalized spacial score (nSPS) is 16.5. The number of fused-ring (bicyclic) bond motifs is 19. The third-order valence-corrected chi connectivity index (χ3v) is 9.25. The Morgan fingerprint density at radius 1 is 0.520 bits per heavy atom. The number of hydrogen-bond acceptors (Lipinski definition) is 4. The van der Waals surface area contributed by atoms with E-state index in [2.05, 4.69) is 105 Å². The second-order valence-corrected chi connectivity index (χ2v) is 12.8. The van der Waals surface area contributed by atoms with Gasteiger partial charge in [0.05, 0.1) is 34.2 Å². The second-order valence-electron chi connectivity index (χ2n) is 12.8. The van der Waals surface area contributed by atoms with Gasteiger partial charge in [-0.1, -0.05) is 12.2 Å². The number of aromatic amines is 4. The fourth-order valence-corrected chi connectivity index (χ4v) is 6.95. The lowest BCUT2D eigenvalue weighted by molar-refractivity contribution is 1.27. The lowest BCUT2D eigenvalue weighted by Crippen LogP contribution is -2.11. The van der Waals surface area contributed by atoms with E-state index in [1.54, 1.807) is 0 Å². The molecule has 0 radical (unpaired) electrons. The highest BCUT2D eigenvalue weighted by Crippen LogP contribution is 2.29.